The van der Waals surface area contributed by atoms with Gasteiger partial charge in [0, 0.05) is 19.7 Å². The number of anilines is 1. The van der Waals surface area contributed by atoms with E-state index in [2.05, 4.69) is 15.7 Å². The summed E-state index contributed by atoms with van der Waals surface area (Å²) < 4.78 is 6.75. The van der Waals surface area contributed by atoms with Crippen molar-refractivity contribution in [2.45, 2.75) is 25.8 Å². The number of hydrogen-bond acceptors (Lipinski definition) is 4. The van der Waals surface area contributed by atoms with E-state index in [1.54, 1.807) is 18.0 Å². The first-order valence-electron chi connectivity index (χ1n) is 6.80. The summed E-state index contributed by atoms with van der Waals surface area (Å²) in [6.07, 6.45) is 6.37. The maximum absolute atomic E-state index is 11.9. The van der Waals surface area contributed by atoms with E-state index in [4.69, 9.17) is 4.74 Å². The van der Waals surface area contributed by atoms with E-state index in [-0.39, 0.29) is 5.91 Å². The fraction of sp³-hybridized carbons (Fsp3) is 0.692. The Morgan fingerprint density at radius 3 is 3.32 bits per heavy atom. The smallest absolute Gasteiger partial charge is 0.224 e. The molecule has 0 aromatic carbocycles. The second-order valence-electron chi connectivity index (χ2n) is 4.95. The summed E-state index contributed by atoms with van der Waals surface area (Å²) in [5.74, 6) is 0.525. The first-order chi connectivity index (χ1) is 9.28. The van der Waals surface area contributed by atoms with Gasteiger partial charge in [-0.3, -0.25) is 9.48 Å². The van der Waals surface area contributed by atoms with Crippen molar-refractivity contribution in [3.05, 3.63) is 12.4 Å². The Balaban J connectivity index is 1.76. The van der Waals surface area contributed by atoms with Gasteiger partial charge in [0.05, 0.1) is 25.0 Å². The molecule has 1 atom stereocenters. The number of ether oxygens (including phenoxy) is 1. The monoisotopic (exact) mass is 266 g/mol. The first-order valence-corrected chi connectivity index (χ1v) is 6.80. The van der Waals surface area contributed by atoms with E-state index >= 15 is 0 Å². The quantitative estimate of drug-likeness (QED) is 0.801. The van der Waals surface area contributed by atoms with E-state index in [0.29, 0.717) is 25.5 Å². The second-order valence-corrected chi connectivity index (χ2v) is 4.95. The van der Waals surface area contributed by atoms with Crippen LogP contribution in [-0.4, -0.2) is 42.5 Å². The van der Waals surface area contributed by atoms with Crippen LogP contribution in [0.2, 0.25) is 0 Å². The number of piperidine rings is 1. The molecule has 19 heavy (non-hydrogen) atoms. The number of rotatable bonds is 6. The van der Waals surface area contributed by atoms with E-state index in [1.165, 1.54) is 0 Å². The summed E-state index contributed by atoms with van der Waals surface area (Å²) in [5.41, 5.74) is 0.755. The lowest BCUT2D eigenvalue weighted by Crippen LogP contribution is -2.32. The third-order valence-corrected chi connectivity index (χ3v) is 3.31. The highest BCUT2D eigenvalue weighted by atomic mass is 16.5. The van der Waals surface area contributed by atoms with Gasteiger partial charge in [0.15, 0.2) is 0 Å². The summed E-state index contributed by atoms with van der Waals surface area (Å²) in [5, 5.41) is 10.4. The Bertz CT molecular complexity index is 399. The summed E-state index contributed by atoms with van der Waals surface area (Å²) in [6, 6.07) is 0. The van der Waals surface area contributed by atoms with Gasteiger partial charge in [0.1, 0.15) is 0 Å². The number of methoxy groups -OCH3 is 1. The highest BCUT2D eigenvalue weighted by Crippen LogP contribution is 2.15. The van der Waals surface area contributed by atoms with Crippen LogP contribution in [0.25, 0.3) is 0 Å². The molecule has 1 saturated heterocycles. The van der Waals surface area contributed by atoms with Gasteiger partial charge in [-0.2, -0.15) is 5.10 Å². The van der Waals surface area contributed by atoms with Crippen molar-refractivity contribution >= 4 is 11.6 Å². The predicted molar refractivity (Wildman–Crippen MR) is 72.9 cm³/mol. The Hall–Kier alpha value is -1.40. The molecule has 0 aliphatic carbocycles. The number of carbonyl (C=O) groups excluding carboxylic acids is 1. The Morgan fingerprint density at radius 1 is 1.68 bits per heavy atom. The molecule has 0 spiro atoms. The summed E-state index contributed by atoms with van der Waals surface area (Å²) in [6.45, 7) is 3.33. The fourth-order valence-electron chi connectivity index (χ4n) is 2.31. The van der Waals surface area contributed by atoms with Crippen LogP contribution < -0.4 is 10.6 Å². The molecule has 6 heteroatoms. The van der Waals surface area contributed by atoms with Gasteiger partial charge in [-0.05, 0) is 31.8 Å². The largest absolute Gasteiger partial charge is 0.383 e. The van der Waals surface area contributed by atoms with Crippen LogP contribution in [0.1, 0.15) is 19.3 Å². The molecule has 1 aliphatic rings. The average Bonchev–Trinajstić information content (AvgIpc) is 2.85. The third-order valence-electron chi connectivity index (χ3n) is 3.31. The van der Waals surface area contributed by atoms with Crippen molar-refractivity contribution in [2.24, 2.45) is 5.92 Å². The van der Waals surface area contributed by atoms with Crippen LogP contribution >= 0.6 is 0 Å². The van der Waals surface area contributed by atoms with Gasteiger partial charge in [0.25, 0.3) is 0 Å². The normalized spacial score (nSPS) is 19.3. The molecule has 2 heterocycles. The molecule has 0 saturated carbocycles. The van der Waals surface area contributed by atoms with Gasteiger partial charge in [-0.15, -0.1) is 0 Å². The van der Waals surface area contributed by atoms with Crippen LogP contribution in [-0.2, 0) is 16.1 Å². The topological polar surface area (TPSA) is 68.2 Å². The SMILES string of the molecule is COCCn1cc(NC(=O)CC2CCCNC2)cn1. The molecule has 0 radical (unpaired) electrons. The number of nitrogens with one attached hydrogen (secondary N) is 2. The Kier molecular flexibility index (Phi) is 5.35. The van der Waals surface area contributed by atoms with E-state index in [9.17, 15) is 4.79 Å². The molecule has 1 aliphatic heterocycles. The first kappa shape index (κ1) is 14.0. The van der Waals surface area contributed by atoms with Gasteiger partial charge in [-0.1, -0.05) is 0 Å². The lowest BCUT2D eigenvalue weighted by atomic mass is 9.96. The molecule has 1 aromatic heterocycles. The van der Waals surface area contributed by atoms with Crippen molar-refractivity contribution in [1.82, 2.24) is 15.1 Å². The number of nitrogens with zero attached hydrogens (tertiary/aromatic N) is 2. The van der Waals surface area contributed by atoms with Crippen LogP contribution in [0, 0.1) is 5.92 Å². The second kappa shape index (κ2) is 7.25. The number of hydrogen-bond donors (Lipinski definition) is 2. The summed E-state index contributed by atoms with van der Waals surface area (Å²) in [4.78, 5) is 11.9. The minimum atomic E-state index is 0.0694. The number of amides is 1. The highest BCUT2D eigenvalue weighted by molar-refractivity contribution is 5.90. The zero-order valence-corrected chi connectivity index (χ0v) is 11.4. The van der Waals surface area contributed by atoms with Crippen molar-refractivity contribution in [1.29, 1.82) is 0 Å². The van der Waals surface area contributed by atoms with E-state index in [1.807, 2.05) is 6.20 Å². The molecule has 1 aromatic rings. The molecular weight excluding hydrogens is 244 g/mol. The number of carbonyl (C=O) groups is 1. The highest BCUT2D eigenvalue weighted by Gasteiger charge is 2.16. The zero-order chi connectivity index (χ0) is 13.5. The molecule has 2 rings (SSSR count). The van der Waals surface area contributed by atoms with Gasteiger partial charge < -0.3 is 15.4 Å². The third kappa shape index (κ3) is 4.65. The molecule has 1 amide bonds. The van der Waals surface area contributed by atoms with Crippen molar-refractivity contribution < 1.29 is 9.53 Å². The van der Waals surface area contributed by atoms with Gasteiger partial charge >= 0.3 is 0 Å². The van der Waals surface area contributed by atoms with Crippen LogP contribution in [0.3, 0.4) is 0 Å². The van der Waals surface area contributed by atoms with E-state index < -0.39 is 0 Å². The van der Waals surface area contributed by atoms with Gasteiger partial charge in [0.2, 0.25) is 5.91 Å². The average molecular weight is 266 g/mol. The van der Waals surface area contributed by atoms with Crippen LogP contribution in [0.15, 0.2) is 12.4 Å². The van der Waals surface area contributed by atoms with Gasteiger partial charge in [-0.25, -0.2) is 0 Å². The molecule has 6 nitrogen and oxygen atoms in total. The fourth-order valence-corrected chi connectivity index (χ4v) is 2.31. The summed E-state index contributed by atoms with van der Waals surface area (Å²) in [7, 11) is 1.66. The molecule has 2 N–H and O–H groups in total. The van der Waals surface area contributed by atoms with Crippen LogP contribution in [0.5, 0.6) is 0 Å². The maximum atomic E-state index is 11.9. The minimum Gasteiger partial charge on any atom is -0.383 e. The van der Waals surface area contributed by atoms with Crippen molar-refractivity contribution in [3.63, 3.8) is 0 Å². The molecule has 1 unspecified atom stereocenters. The van der Waals surface area contributed by atoms with E-state index in [0.717, 1.165) is 31.6 Å². The standard InChI is InChI=1S/C13H22N4O2/c1-19-6-5-17-10-12(9-15-17)16-13(18)7-11-3-2-4-14-8-11/h9-11,14H,2-8H2,1H3,(H,16,18). The van der Waals surface area contributed by atoms with Crippen molar-refractivity contribution in [2.75, 3.05) is 32.1 Å². The molecular formula is C13H22N4O2. The Labute approximate surface area is 113 Å². The lowest BCUT2D eigenvalue weighted by molar-refractivity contribution is -0.117. The number of aromatic nitrogens is 2. The minimum absolute atomic E-state index is 0.0694. The Morgan fingerprint density at radius 2 is 2.58 bits per heavy atom. The zero-order valence-electron chi connectivity index (χ0n) is 11.4. The summed E-state index contributed by atoms with van der Waals surface area (Å²) >= 11 is 0. The van der Waals surface area contributed by atoms with Crippen LogP contribution in [0.4, 0.5) is 5.69 Å². The molecule has 1 fully saturated rings. The van der Waals surface area contributed by atoms with Crippen molar-refractivity contribution in [3.8, 4) is 0 Å². The molecule has 106 valence electrons. The molecule has 0 bridgehead atoms. The predicted octanol–water partition coefficient (Wildman–Crippen LogP) is 0.858. The lowest BCUT2D eigenvalue weighted by Gasteiger charge is -2.21. The maximum Gasteiger partial charge on any atom is 0.224 e.